The first-order chi connectivity index (χ1) is 13.1. The van der Waals surface area contributed by atoms with Crippen LogP contribution in [0.5, 0.6) is 11.5 Å². The molecule has 0 unspecified atom stereocenters. The summed E-state index contributed by atoms with van der Waals surface area (Å²) >= 11 is 0. The van der Waals surface area contributed by atoms with Gasteiger partial charge in [-0.05, 0) is 44.0 Å². The minimum atomic E-state index is 0.720. The van der Waals surface area contributed by atoms with Gasteiger partial charge in [0.1, 0.15) is 6.29 Å². The third-order valence-electron chi connectivity index (χ3n) is 3.99. The standard InChI is InChI=1S/C24H32O3/c1-5-6-7-8-17-27-23-15-14-22(19-24(23)26-4)18-21(3)12-9-11-20(2)13-10-16-25/h9-16,18-19H,5-8,17H2,1-4H3/b12-9+,13-10+,20-11+,21-18+. The third kappa shape index (κ3) is 9.64. The Hall–Kier alpha value is -2.55. The molecule has 0 atom stereocenters. The van der Waals surface area contributed by atoms with Crippen LogP contribution in [0, 0.1) is 0 Å². The topological polar surface area (TPSA) is 35.5 Å². The van der Waals surface area contributed by atoms with Crippen LogP contribution in [0.4, 0.5) is 0 Å². The maximum atomic E-state index is 10.3. The number of hydrogen-bond acceptors (Lipinski definition) is 3. The molecule has 1 aromatic carbocycles. The van der Waals surface area contributed by atoms with E-state index in [-0.39, 0.29) is 0 Å². The van der Waals surface area contributed by atoms with E-state index in [0.717, 1.165) is 47.5 Å². The van der Waals surface area contributed by atoms with Crippen LogP contribution in [0.3, 0.4) is 0 Å². The van der Waals surface area contributed by atoms with Gasteiger partial charge in [0, 0.05) is 0 Å². The normalized spacial score (nSPS) is 12.7. The van der Waals surface area contributed by atoms with Gasteiger partial charge in [0.15, 0.2) is 11.5 Å². The minimum Gasteiger partial charge on any atom is -0.493 e. The summed E-state index contributed by atoms with van der Waals surface area (Å²) in [6.45, 7) is 6.92. The summed E-state index contributed by atoms with van der Waals surface area (Å²) in [7, 11) is 1.67. The van der Waals surface area contributed by atoms with Gasteiger partial charge in [-0.1, -0.05) is 73.8 Å². The smallest absolute Gasteiger partial charge is 0.161 e. The van der Waals surface area contributed by atoms with E-state index in [1.165, 1.54) is 25.3 Å². The number of allylic oxidation sites excluding steroid dienone is 7. The first-order valence-electron chi connectivity index (χ1n) is 9.56. The molecule has 1 rings (SSSR count). The molecule has 0 aliphatic carbocycles. The van der Waals surface area contributed by atoms with E-state index in [1.807, 2.05) is 50.3 Å². The Balaban J connectivity index is 2.72. The number of methoxy groups -OCH3 is 1. The second-order valence-electron chi connectivity index (χ2n) is 6.47. The molecule has 0 fully saturated rings. The maximum absolute atomic E-state index is 10.3. The average Bonchev–Trinajstić information content (AvgIpc) is 2.66. The van der Waals surface area contributed by atoms with Crippen molar-refractivity contribution in [3.63, 3.8) is 0 Å². The van der Waals surface area contributed by atoms with Crippen LogP contribution in [0.2, 0.25) is 0 Å². The maximum Gasteiger partial charge on any atom is 0.161 e. The van der Waals surface area contributed by atoms with Crippen LogP contribution in [0.1, 0.15) is 52.0 Å². The first-order valence-corrected chi connectivity index (χ1v) is 9.56. The molecular formula is C24H32O3. The van der Waals surface area contributed by atoms with Crippen molar-refractivity contribution < 1.29 is 14.3 Å². The molecule has 0 aromatic heterocycles. The fourth-order valence-electron chi connectivity index (χ4n) is 2.51. The molecule has 1 aromatic rings. The molecular weight excluding hydrogens is 336 g/mol. The van der Waals surface area contributed by atoms with Gasteiger partial charge >= 0.3 is 0 Å². The Labute approximate surface area is 164 Å². The summed E-state index contributed by atoms with van der Waals surface area (Å²) in [6.07, 6.45) is 16.8. The second kappa shape index (κ2) is 13.6. The number of benzene rings is 1. The lowest BCUT2D eigenvalue weighted by Gasteiger charge is -2.11. The monoisotopic (exact) mass is 368 g/mol. The third-order valence-corrected chi connectivity index (χ3v) is 3.99. The fraction of sp³-hybridized carbons (Fsp3) is 0.375. The number of aldehydes is 1. The summed E-state index contributed by atoms with van der Waals surface area (Å²) < 4.78 is 11.3. The predicted octanol–water partition coefficient (Wildman–Crippen LogP) is 6.32. The van der Waals surface area contributed by atoms with Gasteiger partial charge in [-0.15, -0.1) is 0 Å². The highest BCUT2D eigenvalue weighted by Crippen LogP contribution is 2.29. The van der Waals surface area contributed by atoms with E-state index in [4.69, 9.17) is 9.47 Å². The van der Waals surface area contributed by atoms with Crippen molar-refractivity contribution in [3.8, 4) is 11.5 Å². The van der Waals surface area contributed by atoms with E-state index < -0.39 is 0 Å². The molecule has 0 N–H and O–H groups in total. The molecule has 0 radical (unpaired) electrons. The first kappa shape index (κ1) is 22.5. The van der Waals surface area contributed by atoms with Crippen molar-refractivity contribution in [2.75, 3.05) is 13.7 Å². The van der Waals surface area contributed by atoms with Crippen molar-refractivity contribution in [1.29, 1.82) is 0 Å². The lowest BCUT2D eigenvalue weighted by atomic mass is 10.1. The quantitative estimate of drug-likeness (QED) is 0.187. The Morgan fingerprint density at radius 1 is 1.00 bits per heavy atom. The number of ether oxygens (including phenoxy) is 2. The Morgan fingerprint density at radius 3 is 2.48 bits per heavy atom. The number of unbranched alkanes of at least 4 members (excludes halogenated alkanes) is 3. The Kier molecular flexibility index (Phi) is 11.4. The average molecular weight is 369 g/mol. The largest absolute Gasteiger partial charge is 0.493 e. The van der Waals surface area contributed by atoms with Crippen LogP contribution < -0.4 is 9.47 Å². The van der Waals surface area contributed by atoms with Gasteiger partial charge in [0.05, 0.1) is 13.7 Å². The van der Waals surface area contributed by atoms with Gasteiger partial charge in [-0.3, -0.25) is 4.79 Å². The zero-order chi connectivity index (χ0) is 19.9. The molecule has 0 bridgehead atoms. The van der Waals surface area contributed by atoms with Crippen molar-refractivity contribution in [3.05, 3.63) is 65.3 Å². The van der Waals surface area contributed by atoms with E-state index in [2.05, 4.69) is 13.0 Å². The van der Waals surface area contributed by atoms with Gasteiger partial charge in [-0.2, -0.15) is 0 Å². The molecule has 0 spiro atoms. The zero-order valence-electron chi connectivity index (χ0n) is 17.0. The van der Waals surface area contributed by atoms with Crippen LogP contribution in [0.25, 0.3) is 6.08 Å². The molecule has 3 nitrogen and oxygen atoms in total. The van der Waals surface area contributed by atoms with Crippen LogP contribution in [0.15, 0.2) is 59.7 Å². The lowest BCUT2D eigenvalue weighted by Crippen LogP contribution is -1.99. The van der Waals surface area contributed by atoms with Crippen molar-refractivity contribution in [2.45, 2.75) is 46.5 Å². The van der Waals surface area contributed by atoms with E-state index in [0.29, 0.717) is 0 Å². The van der Waals surface area contributed by atoms with Crippen molar-refractivity contribution in [1.82, 2.24) is 0 Å². The summed E-state index contributed by atoms with van der Waals surface area (Å²) in [4.78, 5) is 10.3. The zero-order valence-corrected chi connectivity index (χ0v) is 17.0. The Morgan fingerprint density at radius 2 is 1.78 bits per heavy atom. The summed E-state index contributed by atoms with van der Waals surface area (Å²) in [5.41, 5.74) is 3.20. The molecule has 146 valence electrons. The van der Waals surface area contributed by atoms with Crippen LogP contribution >= 0.6 is 0 Å². The predicted molar refractivity (Wildman–Crippen MR) is 114 cm³/mol. The highest BCUT2D eigenvalue weighted by Gasteiger charge is 2.05. The van der Waals surface area contributed by atoms with Crippen LogP contribution in [-0.4, -0.2) is 20.0 Å². The minimum absolute atomic E-state index is 0.720. The molecule has 0 saturated heterocycles. The van der Waals surface area contributed by atoms with Crippen molar-refractivity contribution in [2.24, 2.45) is 0 Å². The van der Waals surface area contributed by atoms with Gasteiger partial charge in [0.25, 0.3) is 0 Å². The van der Waals surface area contributed by atoms with Gasteiger partial charge in [0.2, 0.25) is 0 Å². The lowest BCUT2D eigenvalue weighted by molar-refractivity contribution is -0.104. The number of carbonyl (C=O) groups is 1. The van der Waals surface area contributed by atoms with Crippen LogP contribution in [-0.2, 0) is 4.79 Å². The number of carbonyl (C=O) groups excluding carboxylic acids is 1. The van der Waals surface area contributed by atoms with E-state index in [9.17, 15) is 4.79 Å². The molecule has 0 saturated carbocycles. The number of hydrogen-bond donors (Lipinski definition) is 0. The van der Waals surface area contributed by atoms with Crippen molar-refractivity contribution >= 4 is 12.4 Å². The van der Waals surface area contributed by atoms with Gasteiger partial charge < -0.3 is 9.47 Å². The summed E-state index contributed by atoms with van der Waals surface area (Å²) in [5, 5.41) is 0. The highest BCUT2D eigenvalue weighted by molar-refractivity contribution is 5.65. The molecule has 0 aliphatic heterocycles. The molecule has 0 amide bonds. The highest BCUT2D eigenvalue weighted by atomic mass is 16.5. The second-order valence-corrected chi connectivity index (χ2v) is 6.47. The van der Waals surface area contributed by atoms with E-state index in [1.54, 1.807) is 13.2 Å². The molecule has 3 heteroatoms. The number of rotatable bonds is 12. The fourth-order valence-corrected chi connectivity index (χ4v) is 2.51. The molecule has 27 heavy (non-hydrogen) atoms. The molecule has 0 heterocycles. The molecule has 0 aliphatic rings. The van der Waals surface area contributed by atoms with E-state index >= 15 is 0 Å². The van der Waals surface area contributed by atoms with Gasteiger partial charge in [-0.25, -0.2) is 0 Å². The summed E-state index contributed by atoms with van der Waals surface area (Å²) in [6, 6.07) is 6.00. The summed E-state index contributed by atoms with van der Waals surface area (Å²) in [5.74, 6) is 1.55. The SMILES string of the molecule is CCCCCCOc1ccc(/C=C(C)/C=C/C=C(C)/C=C/C=O)cc1OC. The Bertz CT molecular complexity index is 694.